The molecule has 0 saturated carbocycles. The Hall–Kier alpha value is -2.09. The third kappa shape index (κ3) is 5.10. The molecule has 0 atom stereocenters. The fraction of sp³-hybridized carbons (Fsp3) is 0.381. The summed E-state index contributed by atoms with van der Waals surface area (Å²) in [6, 6.07) is 13.8. The summed E-state index contributed by atoms with van der Waals surface area (Å²) in [6.45, 7) is 1.13. The number of hydrogen-bond donors (Lipinski definition) is 0. The predicted molar refractivity (Wildman–Crippen MR) is 112 cm³/mol. The fourth-order valence-corrected chi connectivity index (χ4v) is 5.22. The molecule has 156 valence electrons. The van der Waals surface area contributed by atoms with Crippen LogP contribution < -0.4 is 4.74 Å². The molecule has 1 aliphatic rings. The van der Waals surface area contributed by atoms with Gasteiger partial charge < -0.3 is 9.64 Å². The number of halogens is 1. The van der Waals surface area contributed by atoms with Gasteiger partial charge in [-0.05, 0) is 54.8 Å². The van der Waals surface area contributed by atoms with E-state index in [1.54, 1.807) is 42.3 Å². The van der Waals surface area contributed by atoms with Gasteiger partial charge in [-0.3, -0.25) is 4.79 Å². The molecule has 1 heterocycles. The SMILES string of the molecule is COc1ccc(S(=O)(=O)N2CCC(C(=O)N(C)Cc3cccc(Cl)c3)CC2)cc1. The molecule has 2 aromatic carbocycles. The first-order chi connectivity index (χ1) is 13.8. The minimum absolute atomic E-state index is 0.0338. The molecule has 8 heteroatoms. The second kappa shape index (κ2) is 9.15. The monoisotopic (exact) mass is 436 g/mol. The number of amides is 1. The van der Waals surface area contributed by atoms with Gasteiger partial charge in [-0.25, -0.2) is 8.42 Å². The third-order valence-corrected chi connectivity index (χ3v) is 7.33. The van der Waals surface area contributed by atoms with Crippen molar-refractivity contribution in [2.45, 2.75) is 24.3 Å². The maximum absolute atomic E-state index is 12.8. The lowest BCUT2D eigenvalue weighted by Gasteiger charge is -2.32. The highest BCUT2D eigenvalue weighted by molar-refractivity contribution is 7.89. The van der Waals surface area contributed by atoms with E-state index in [4.69, 9.17) is 16.3 Å². The Labute approximate surface area is 177 Å². The van der Waals surface area contributed by atoms with Gasteiger partial charge in [0.25, 0.3) is 0 Å². The standard InChI is InChI=1S/C21H25ClN2O4S/c1-23(15-16-4-3-5-18(22)14-16)21(25)17-10-12-24(13-11-17)29(26,27)20-8-6-19(28-2)7-9-20/h3-9,14,17H,10-13,15H2,1-2H3. The Morgan fingerprint density at radius 3 is 2.41 bits per heavy atom. The largest absolute Gasteiger partial charge is 0.497 e. The Balaban J connectivity index is 1.59. The summed E-state index contributed by atoms with van der Waals surface area (Å²) >= 11 is 6.01. The average Bonchev–Trinajstić information content (AvgIpc) is 2.73. The van der Waals surface area contributed by atoms with Crippen molar-refractivity contribution < 1.29 is 17.9 Å². The van der Waals surface area contributed by atoms with Crippen LogP contribution in [0.15, 0.2) is 53.4 Å². The molecule has 0 aliphatic carbocycles. The fourth-order valence-electron chi connectivity index (χ4n) is 3.54. The van der Waals surface area contributed by atoms with Crippen LogP contribution in [-0.2, 0) is 21.4 Å². The Morgan fingerprint density at radius 1 is 1.17 bits per heavy atom. The first kappa shape index (κ1) is 21.6. The molecular weight excluding hydrogens is 412 g/mol. The van der Waals surface area contributed by atoms with Crippen molar-refractivity contribution >= 4 is 27.5 Å². The van der Waals surface area contributed by atoms with Crippen molar-refractivity contribution in [2.24, 2.45) is 5.92 Å². The van der Waals surface area contributed by atoms with Crippen molar-refractivity contribution in [2.75, 3.05) is 27.2 Å². The Bertz CT molecular complexity index is 955. The lowest BCUT2D eigenvalue weighted by Crippen LogP contribution is -2.43. The minimum Gasteiger partial charge on any atom is -0.497 e. The lowest BCUT2D eigenvalue weighted by molar-refractivity contribution is -0.135. The zero-order valence-electron chi connectivity index (χ0n) is 16.5. The summed E-state index contributed by atoms with van der Waals surface area (Å²) in [5, 5.41) is 0.639. The zero-order valence-corrected chi connectivity index (χ0v) is 18.1. The summed E-state index contributed by atoms with van der Waals surface area (Å²) in [5.74, 6) is 0.462. The van der Waals surface area contributed by atoms with Gasteiger partial charge in [0.1, 0.15) is 5.75 Å². The van der Waals surface area contributed by atoms with Crippen molar-refractivity contribution in [1.29, 1.82) is 0 Å². The van der Waals surface area contributed by atoms with Gasteiger partial charge in [0.15, 0.2) is 0 Å². The zero-order chi connectivity index (χ0) is 21.0. The van der Waals surface area contributed by atoms with E-state index in [1.807, 2.05) is 18.2 Å². The van der Waals surface area contributed by atoms with E-state index in [0.717, 1.165) is 5.56 Å². The highest BCUT2D eigenvalue weighted by Gasteiger charge is 2.33. The van der Waals surface area contributed by atoms with Crippen LogP contribution in [0.4, 0.5) is 0 Å². The van der Waals surface area contributed by atoms with Crippen LogP contribution in [0, 0.1) is 5.92 Å². The first-order valence-electron chi connectivity index (χ1n) is 9.45. The Kier molecular flexibility index (Phi) is 6.82. The number of hydrogen-bond acceptors (Lipinski definition) is 4. The maximum Gasteiger partial charge on any atom is 0.243 e. The number of nitrogens with zero attached hydrogens (tertiary/aromatic N) is 2. The van der Waals surface area contributed by atoms with Crippen LogP contribution in [0.1, 0.15) is 18.4 Å². The van der Waals surface area contributed by atoms with Gasteiger partial charge in [-0.2, -0.15) is 4.31 Å². The summed E-state index contributed by atoms with van der Waals surface area (Å²) in [6.07, 6.45) is 1.02. The normalized spacial score (nSPS) is 15.8. The van der Waals surface area contributed by atoms with Crippen molar-refractivity contribution in [3.05, 3.63) is 59.1 Å². The molecule has 29 heavy (non-hydrogen) atoms. The molecule has 1 aliphatic heterocycles. The van der Waals surface area contributed by atoms with Crippen molar-refractivity contribution in [3.63, 3.8) is 0 Å². The van der Waals surface area contributed by atoms with Gasteiger partial charge in [0, 0.05) is 37.6 Å². The van der Waals surface area contributed by atoms with Crippen molar-refractivity contribution in [3.8, 4) is 5.75 Å². The second-order valence-electron chi connectivity index (χ2n) is 7.18. The summed E-state index contributed by atoms with van der Waals surface area (Å²) < 4.78 is 32.2. The number of carbonyl (C=O) groups excluding carboxylic acids is 1. The van der Waals surface area contributed by atoms with Crippen LogP contribution in [-0.4, -0.2) is 50.8 Å². The molecule has 0 radical (unpaired) electrons. The highest BCUT2D eigenvalue weighted by Crippen LogP contribution is 2.26. The number of sulfonamides is 1. The molecule has 1 fully saturated rings. The van der Waals surface area contributed by atoms with E-state index in [-0.39, 0.29) is 16.7 Å². The van der Waals surface area contributed by atoms with E-state index in [0.29, 0.717) is 43.2 Å². The molecule has 0 unspecified atom stereocenters. The first-order valence-corrected chi connectivity index (χ1v) is 11.3. The molecule has 3 rings (SSSR count). The summed E-state index contributed by atoms with van der Waals surface area (Å²) in [4.78, 5) is 14.7. The summed E-state index contributed by atoms with van der Waals surface area (Å²) in [5.41, 5.74) is 0.966. The van der Waals surface area contributed by atoms with Crippen LogP contribution in [0.5, 0.6) is 5.75 Å². The molecule has 1 amide bonds. The molecule has 6 nitrogen and oxygen atoms in total. The van der Waals surface area contributed by atoms with Gasteiger partial charge >= 0.3 is 0 Å². The molecule has 0 N–H and O–H groups in total. The van der Waals surface area contributed by atoms with Gasteiger partial charge in [-0.1, -0.05) is 23.7 Å². The van der Waals surface area contributed by atoms with Gasteiger partial charge in [-0.15, -0.1) is 0 Å². The maximum atomic E-state index is 12.8. The van der Waals surface area contributed by atoms with Crippen molar-refractivity contribution in [1.82, 2.24) is 9.21 Å². The minimum atomic E-state index is -3.57. The van der Waals surface area contributed by atoms with Crippen LogP contribution in [0.2, 0.25) is 5.02 Å². The molecule has 0 bridgehead atoms. The molecule has 1 saturated heterocycles. The van der Waals surface area contributed by atoms with E-state index < -0.39 is 10.0 Å². The van der Waals surface area contributed by atoms with E-state index in [9.17, 15) is 13.2 Å². The average molecular weight is 437 g/mol. The number of benzene rings is 2. The molecule has 0 spiro atoms. The van der Waals surface area contributed by atoms with Crippen LogP contribution >= 0.6 is 11.6 Å². The predicted octanol–water partition coefficient (Wildman–Crippen LogP) is 3.41. The number of piperidine rings is 1. The smallest absolute Gasteiger partial charge is 0.243 e. The molecule has 0 aromatic heterocycles. The molecule has 2 aromatic rings. The van der Waals surface area contributed by atoms with E-state index in [2.05, 4.69) is 0 Å². The Morgan fingerprint density at radius 2 is 1.83 bits per heavy atom. The summed E-state index contributed by atoms with van der Waals surface area (Å²) in [7, 11) is -0.268. The topological polar surface area (TPSA) is 66.9 Å². The van der Waals surface area contributed by atoms with E-state index >= 15 is 0 Å². The third-order valence-electron chi connectivity index (χ3n) is 5.19. The second-order valence-corrected chi connectivity index (χ2v) is 9.55. The van der Waals surface area contributed by atoms with Crippen LogP contribution in [0.25, 0.3) is 0 Å². The number of carbonyl (C=O) groups is 1. The van der Waals surface area contributed by atoms with E-state index in [1.165, 1.54) is 11.4 Å². The lowest BCUT2D eigenvalue weighted by atomic mass is 9.96. The molecular formula is C21H25ClN2O4S. The van der Waals surface area contributed by atoms with Gasteiger partial charge in [0.2, 0.25) is 15.9 Å². The van der Waals surface area contributed by atoms with Crippen LogP contribution in [0.3, 0.4) is 0 Å². The number of ether oxygens (including phenoxy) is 1. The quantitative estimate of drug-likeness (QED) is 0.696. The number of methoxy groups -OCH3 is 1. The highest BCUT2D eigenvalue weighted by atomic mass is 35.5. The van der Waals surface area contributed by atoms with Gasteiger partial charge in [0.05, 0.1) is 12.0 Å². The number of rotatable bonds is 6.